The highest BCUT2D eigenvalue weighted by atomic mass is 35.5. The van der Waals surface area contributed by atoms with Gasteiger partial charge < -0.3 is 10.2 Å². The zero-order valence-corrected chi connectivity index (χ0v) is 10.8. The summed E-state index contributed by atoms with van der Waals surface area (Å²) in [6.45, 7) is 2.14. The van der Waals surface area contributed by atoms with Gasteiger partial charge in [0.25, 0.3) is 0 Å². The van der Waals surface area contributed by atoms with Crippen molar-refractivity contribution in [2.45, 2.75) is 18.9 Å². The number of nitrogens with zero attached hydrogens (tertiary/aromatic N) is 3. The van der Waals surface area contributed by atoms with E-state index >= 15 is 0 Å². The summed E-state index contributed by atoms with van der Waals surface area (Å²) in [6, 6.07) is 4.19. The summed E-state index contributed by atoms with van der Waals surface area (Å²) in [4.78, 5) is 2.16. The van der Waals surface area contributed by atoms with Crippen molar-refractivity contribution in [2.75, 3.05) is 25.0 Å². The summed E-state index contributed by atoms with van der Waals surface area (Å²) >= 11 is 5.70. The first-order valence-electron chi connectivity index (χ1n) is 5.20. The average Bonchev–Trinajstić information content (AvgIpc) is 2.30. The molecular weight excluding hydrogens is 247 g/mol. The molecule has 0 saturated carbocycles. The predicted molar refractivity (Wildman–Crippen MR) is 68.6 cm³/mol. The summed E-state index contributed by atoms with van der Waals surface area (Å²) in [7, 11) is 2.05. The average molecular weight is 263 g/mol. The van der Waals surface area contributed by atoms with Crippen molar-refractivity contribution >= 4 is 29.8 Å². The molecule has 1 aromatic rings. The maximum atomic E-state index is 5.70. The fourth-order valence-corrected chi connectivity index (χ4v) is 1.95. The van der Waals surface area contributed by atoms with Crippen LogP contribution in [0.25, 0.3) is 0 Å². The third-order valence-corrected chi connectivity index (χ3v) is 3.00. The quantitative estimate of drug-likeness (QED) is 0.882. The van der Waals surface area contributed by atoms with Crippen LogP contribution in [-0.4, -0.2) is 36.4 Å². The Balaban J connectivity index is 0.00000128. The van der Waals surface area contributed by atoms with E-state index in [0.29, 0.717) is 11.2 Å². The van der Waals surface area contributed by atoms with Crippen molar-refractivity contribution in [3.8, 4) is 0 Å². The fourth-order valence-electron chi connectivity index (χ4n) is 1.85. The van der Waals surface area contributed by atoms with Gasteiger partial charge in [0.05, 0.1) is 0 Å². The Labute approximate surface area is 107 Å². The van der Waals surface area contributed by atoms with Crippen LogP contribution in [0.5, 0.6) is 0 Å². The number of aromatic nitrogens is 2. The molecule has 0 aliphatic carbocycles. The second-order valence-electron chi connectivity index (χ2n) is 3.83. The highest BCUT2D eigenvalue weighted by Gasteiger charge is 2.18. The third kappa shape index (κ3) is 3.20. The van der Waals surface area contributed by atoms with Crippen molar-refractivity contribution in [1.29, 1.82) is 0 Å². The maximum Gasteiger partial charge on any atom is 0.151 e. The number of piperidine rings is 1. The van der Waals surface area contributed by atoms with Gasteiger partial charge in [-0.1, -0.05) is 11.6 Å². The molecule has 6 heteroatoms. The number of hydrogen-bond donors (Lipinski definition) is 1. The Morgan fingerprint density at radius 3 is 2.81 bits per heavy atom. The van der Waals surface area contributed by atoms with Crippen molar-refractivity contribution in [2.24, 2.45) is 0 Å². The van der Waals surface area contributed by atoms with Crippen LogP contribution in [-0.2, 0) is 0 Å². The van der Waals surface area contributed by atoms with E-state index in [1.807, 2.05) is 6.07 Å². The van der Waals surface area contributed by atoms with E-state index in [1.54, 1.807) is 6.07 Å². The van der Waals surface area contributed by atoms with E-state index in [1.165, 1.54) is 12.8 Å². The van der Waals surface area contributed by atoms with Gasteiger partial charge in [0.15, 0.2) is 11.0 Å². The molecule has 1 saturated heterocycles. The smallest absolute Gasteiger partial charge is 0.151 e. The summed E-state index contributed by atoms with van der Waals surface area (Å²) in [5, 5.41) is 11.7. The molecular formula is C10H16Cl2N4. The number of halogens is 2. The van der Waals surface area contributed by atoms with Gasteiger partial charge in [-0.3, -0.25) is 0 Å². The van der Waals surface area contributed by atoms with Crippen LogP contribution < -0.4 is 10.2 Å². The van der Waals surface area contributed by atoms with Gasteiger partial charge in [0, 0.05) is 19.6 Å². The topological polar surface area (TPSA) is 41.1 Å². The summed E-state index contributed by atoms with van der Waals surface area (Å²) in [6.07, 6.45) is 2.42. The van der Waals surface area contributed by atoms with E-state index in [9.17, 15) is 0 Å². The van der Waals surface area contributed by atoms with Crippen molar-refractivity contribution in [3.63, 3.8) is 0 Å². The molecule has 0 spiro atoms. The van der Waals surface area contributed by atoms with Crippen molar-refractivity contribution < 1.29 is 0 Å². The number of hydrogen-bond acceptors (Lipinski definition) is 4. The monoisotopic (exact) mass is 262 g/mol. The lowest BCUT2D eigenvalue weighted by molar-refractivity contribution is 0.442. The maximum absolute atomic E-state index is 5.70. The lowest BCUT2D eigenvalue weighted by Crippen LogP contribution is -2.44. The first-order chi connectivity index (χ1) is 7.27. The van der Waals surface area contributed by atoms with Crippen LogP contribution in [0, 0.1) is 0 Å². The number of likely N-dealkylation sites (N-methyl/N-ethyl adjacent to an activating group) is 1. The van der Waals surface area contributed by atoms with E-state index < -0.39 is 0 Å². The van der Waals surface area contributed by atoms with Gasteiger partial charge in [-0.25, -0.2) is 0 Å². The van der Waals surface area contributed by atoms with E-state index in [2.05, 4.69) is 27.5 Å². The summed E-state index contributed by atoms with van der Waals surface area (Å²) < 4.78 is 0. The van der Waals surface area contributed by atoms with Gasteiger partial charge in [0.2, 0.25) is 0 Å². The molecule has 2 rings (SSSR count). The van der Waals surface area contributed by atoms with Gasteiger partial charge >= 0.3 is 0 Å². The molecule has 0 aromatic carbocycles. The molecule has 1 aromatic heterocycles. The second-order valence-corrected chi connectivity index (χ2v) is 4.21. The van der Waals surface area contributed by atoms with Crippen LogP contribution in [0.1, 0.15) is 12.8 Å². The number of nitrogens with one attached hydrogen (secondary N) is 1. The first kappa shape index (κ1) is 13.5. The Morgan fingerprint density at radius 2 is 2.25 bits per heavy atom. The Morgan fingerprint density at radius 1 is 1.44 bits per heavy atom. The van der Waals surface area contributed by atoms with Crippen molar-refractivity contribution in [3.05, 3.63) is 17.3 Å². The predicted octanol–water partition coefficient (Wildman–Crippen LogP) is 1.74. The minimum absolute atomic E-state index is 0. The lowest BCUT2D eigenvalue weighted by Gasteiger charge is -2.32. The Kier molecular flexibility index (Phi) is 5.25. The first-order valence-corrected chi connectivity index (χ1v) is 5.58. The normalized spacial score (nSPS) is 20.0. The minimum Gasteiger partial charge on any atom is -0.354 e. The SMILES string of the molecule is CN(c1ccc(Cl)nn1)[C@H]1CCCNC1.Cl. The lowest BCUT2D eigenvalue weighted by atomic mass is 10.1. The number of rotatable bonds is 2. The standard InChI is InChI=1S/C10H15ClN4.ClH/c1-15(8-3-2-6-12-7-8)10-5-4-9(11)13-14-10;/h4-5,8,12H,2-3,6-7H2,1H3;1H/t8-;/m0./s1. The largest absolute Gasteiger partial charge is 0.354 e. The highest BCUT2D eigenvalue weighted by molar-refractivity contribution is 6.29. The molecule has 4 nitrogen and oxygen atoms in total. The molecule has 0 bridgehead atoms. The molecule has 1 fully saturated rings. The molecule has 16 heavy (non-hydrogen) atoms. The molecule has 1 N–H and O–H groups in total. The van der Waals surface area contributed by atoms with Crippen LogP contribution in [0.15, 0.2) is 12.1 Å². The van der Waals surface area contributed by atoms with E-state index in [0.717, 1.165) is 18.9 Å². The van der Waals surface area contributed by atoms with Crippen LogP contribution in [0.2, 0.25) is 5.15 Å². The van der Waals surface area contributed by atoms with Crippen LogP contribution in [0.4, 0.5) is 5.82 Å². The molecule has 0 radical (unpaired) electrons. The van der Waals surface area contributed by atoms with Crippen molar-refractivity contribution in [1.82, 2.24) is 15.5 Å². The molecule has 1 atom stereocenters. The van der Waals surface area contributed by atoms with Gasteiger partial charge in [-0.05, 0) is 31.5 Å². The minimum atomic E-state index is 0. The number of anilines is 1. The van der Waals surface area contributed by atoms with Gasteiger partial charge in [-0.2, -0.15) is 0 Å². The van der Waals surface area contributed by atoms with E-state index in [-0.39, 0.29) is 12.4 Å². The summed E-state index contributed by atoms with van der Waals surface area (Å²) in [5.74, 6) is 0.883. The van der Waals surface area contributed by atoms with E-state index in [4.69, 9.17) is 11.6 Å². The highest BCUT2D eigenvalue weighted by Crippen LogP contribution is 2.16. The van der Waals surface area contributed by atoms with Crippen LogP contribution >= 0.6 is 24.0 Å². The molecule has 90 valence electrons. The zero-order valence-electron chi connectivity index (χ0n) is 9.19. The summed E-state index contributed by atoms with van der Waals surface area (Å²) in [5.41, 5.74) is 0. The molecule has 1 aliphatic heterocycles. The van der Waals surface area contributed by atoms with Gasteiger partial charge in [-0.15, -0.1) is 22.6 Å². The second kappa shape index (κ2) is 6.23. The molecule has 0 amide bonds. The molecule has 0 unspecified atom stereocenters. The zero-order chi connectivity index (χ0) is 10.7. The van der Waals surface area contributed by atoms with Crippen LogP contribution in [0.3, 0.4) is 0 Å². The Bertz CT molecular complexity index is 311. The third-order valence-electron chi connectivity index (χ3n) is 2.80. The molecule has 1 aliphatic rings. The van der Waals surface area contributed by atoms with Gasteiger partial charge in [0.1, 0.15) is 0 Å². The fraction of sp³-hybridized carbons (Fsp3) is 0.600. The Hall–Kier alpha value is -0.580. The molecule has 2 heterocycles.